The quantitative estimate of drug-likeness (QED) is 0.778. The molecule has 1 heterocycles. The number of ketones is 2. The van der Waals surface area contributed by atoms with Crippen LogP contribution in [0.25, 0.3) is 0 Å². The fourth-order valence-corrected chi connectivity index (χ4v) is 4.55. The first-order valence-electron chi connectivity index (χ1n) is 9.89. The zero-order chi connectivity index (χ0) is 21.1. The third-order valence-electron chi connectivity index (χ3n) is 5.84. The minimum Gasteiger partial charge on any atom is -0.351 e. The molecule has 1 saturated carbocycles. The van der Waals surface area contributed by atoms with E-state index in [1.54, 1.807) is 0 Å². The highest BCUT2D eigenvalue weighted by atomic mass is 16.2. The lowest BCUT2D eigenvalue weighted by Crippen LogP contribution is -2.33. The van der Waals surface area contributed by atoms with Crippen molar-refractivity contribution in [2.45, 2.75) is 33.6 Å². The van der Waals surface area contributed by atoms with Crippen molar-refractivity contribution in [2.24, 2.45) is 23.7 Å². The highest BCUT2D eigenvalue weighted by Gasteiger charge is 2.47. The molecular weight excluding hydrogens is 366 g/mol. The van der Waals surface area contributed by atoms with Gasteiger partial charge in [-0.15, -0.1) is 0 Å². The van der Waals surface area contributed by atoms with Crippen LogP contribution in [-0.2, 0) is 9.59 Å². The van der Waals surface area contributed by atoms with Gasteiger partial charge < -0.3 is 5.32 Å². The normalized spacial score (nSPS) is 26.6. The van der Waals surface area contributed by atoms with Crippen LogP contribution in [0.4, 0.5) is 0 Å². The van der Waals surface area contributed by atoms with E-state index >= 15 is 0 Å². The van der Waals surface area contributed by atoms with E-state index in [1.807, 2.05) is 19.9 Å². The lowest BCUT2D eigenvalue weighted by atomic mass is 9.72. The van der Waals surface area contributed by atoms with Gasteiger partial charge in [0, 0.05) is 31.0 Å². The number of hydrogen-bond donors (Lipinski definition) is 1. The summed E-state index contributed by atoms with van der Waals surface area (Å²) in [6.07, 6.45) is 6.20. The number of nitriles is 1. The van der Waals surface area contributed by atoms with Crippen molar-refractivity contribution in [1.82, 2.24) is 10.3 Å². The zero-order valence-electron chi connectivity index (χ0n) is 16.9. The van der Waals surface area contributed by atoms with E-state index in [2.05, 4.69) is 29.4 Å². The van der Waals surface area contributed by atoms with Gasteiger partial charge in [0.1, 0.15) is 23.3 Å². The molecule has 6 heteroatoms. The Morgan fingerprint density at radius 2 is 2.07 bits per heavy atom. The van der Waals surface area contributed by atoms with Crippen molar-refractivity contribution in [3.05, 3.63) is 52.9 Å². The molecule has 0 aromatic carbocycles. The largest absolute Gasteiger partial charge is 0.351 e. The Bertz CT molecular complexity index is 937. The van der Waals surface area contributed by atoms with Gasteiger partial charge in [0.05, 0.1) is 11.5 Å². The molecule has 1 N–H and O–H groups in total. The Morgan fingerprint density at radius 3 is 2.69 bits per heavy atom. The molecule has 2 aliphatic carbocycles. The standard InChI is InChI=1S/C23H25N3O3/c1-13-8-14(2)20(15(3)9-13)21-19(27)10-17(22(21)28)6-7-25-23(29)18-5-4-16(11-24)12-26-18/h4-5,8-9,12,14,17,20-21H,6-7,10H2,1-3H3,(H,25,29). The Balaban J connectivity index is 1.58. The third-order valence-corrected chi connectivity index (χ3v) is 5.84. The van der Waals surface area contributed by atoms with Crippen molar-refractivity contribution >= 4 is 17.5 Å². The third kappa shape index (κ3) is 4.34. The van der Waals surface area contributed by atoms with Gasteiger partial charge in [0.15, 0.2) is 0 Å². The minimum absolute atomic E-state index is 0.00157. The molecule has 0 aliphatic heterocycles. The Labute approximate surface area is 170 Å². The van der Waals surface area contributed by atoms with E-state index < -0.39 is 5.92 Å². The van der Waals surface area contributed by atoms with Gasteiger partial charge in [0.2, 0.25) is 0 Å². The van der Waals surface area contributed by atoms with E-state index in [4.69, 9.17) is 5.26 Å². The second kappa shape index (κ2) is 8.52. The van der Waals surface area contributed by atoms with Crippen LogP contribution in [0.3, 0.4) is 0 Å². The summed E-state index contributed by atoms with van der Waals surface area (Å²) in [7, 11) is 0. The number of pyridine rings is 1. The van der Waals surface area contributed by atoms with Gasteiger partial charge in [-0.1, -0.05) is 30.2 Å². The highest BCUT2D eigenvalue weighted by Crippen LogP contribution is 2.41. The first-order valence-corrected chi connectivity index (χ1v) is 9.89. The molecular formula is C23H25N3O3. The molecule has 4 unspecified atom stereocenters. The van der Waals surface area contributed by atoms with Crippen LogP contribution in [-0.4, -0.2) is 29.0 Å². The minimum atomic E-state index is -0.577. The van der Waals surface area contributed by atoms with Gasteiger partial charge in [0.25, 0.3) is 5.91 Å². The van der Waals surface area contributed by atoms with E-state index in [-0.39, 0.29) is 47.3 Å². The maximum absolute atomic E-state index is 13.0. The van der Waals surface area contributed by atoms with E-state index in [0.29, 0.717) is 18.5 Å². The second-order valence-electron chi connectivity index (χ2n) is 8.02. The van der Waals surface area contributed by atoms with Crippen LogP contribution in [0.5, 0.6) is 0 Å². The summed E-state index contributed by atoms with van der Waals surface area (Å²) in [5, 5.41) is 11.5. The van der Waals surface area contributed by atoms with Crippen LogP contribution >= 0.6 is 0 Å². The predicted octanol–water partition coefficient (Wildman–Crippen LogP) is 3.01. The Hall–Kier alpha value is -3.07. The van der Waals surface area contributed by atoms with Crippen molar-refractivity contribution < 1.29 is 14.4 Å². The summed E-state index contributed by atoms with van der Waals surface area (Å²) in [5.74, 6) is -1.20. The van der Waals surface area contributed by atoms with Crippen LogP contribution in [0.2, 0.25) is 0 Å². The Morgan fingerprint density at radius 1 is 1.31 bits per heavy atom. The number of carbonyl (C=O) groups excluding carboxylic acids is 3. The molecule has 29 heavy (non-hydrogen) atoms. The zero-order valence-corrected chi connectivity index (χ0v) is 16.9. The van der Waals surface area contributed by atoms with E-state index in [0.717, 1.165) is 5.57 Å². The lowest BCUT2D eigenvalue weighted by Gasteiger charge is -2.30. The molecule has 0 spiro atoms. The second-order valence-corrected chi connectivity index (χ2v) is 8.02. The van der Waals surface area contributed by atoms with E-state index in [1.165, 1.54) is 23.9 Å². The van der Waals surface area contributed by atoms with Gasteiger partial charge in [-0.3, -0.25) is 14.4 Å². The number of nitrogens with zero attached hydrogens (tertiary/aromatic N) is 2. The number of nitrogens with one attached hydrogen (secondary N) is 1. The molecule has 0 radical (unpaired) electrons. The molecule has 1 aromatic heterocycles. The molecule has 150 valence electrons. The molecule has 2 aliphatic rings. The highest BCUT2D eigenvalue weighted by molar-refractivity contribution is 6.10. The molecule has 1 fully saturated rings. The van der Waals surface area contributed by atoms with Gasteiger partial charge in [-0.2, -0.15) is 5.26 Å². The van der Waals surface area contributed by atoms with Crippen LogP contribution < -0.4 is 5.32 Å². The number of hydrogen-bond acceptors (Lipinski definition) is 5. The van der Waals surface area contributed by atoms with Crippen molar-refractivity contribution in [2.75, 3.05) is 6.54 Å². The number of rotatable bonds is 5. The lowest BCUT2D eigenvalue weighted by molar-refractivity contribution is -0.130. The molecule has 0 saturated heterocycles. The smallest absolute Gasteiger partial charge is 0.269 e. The predicted molar refractivity (Wildman–Crippen MR) is 108 cm³/mol. The fourth-order valence-electron chi connectivity index (χ4n) is 4.55. The Kier molecular flexibility index (Phi) is 6.07. The average molecular weight is 391 g/mol. The van der Waals surface area contributed by atoms with Gasteiger partial charge >= 0.3 is 0 Å². The van der Waals surface area contributed by atoms with Crippen LogP contribution in [0.15, 0.2) is 41.6 Å². The average Bonchev–Trinajstić information content (AvgIpc) is 2.95. The SMILES string of the molecule is CC1=CC(C)C(C2C(=O)CC(CCNC(=O)c3ccc(C#N)cn3)C2=O)C(C)=C1. The number of amides is 1. The number of aromatic nitrogens is 1. The maximum atomic E-state index is 13.0. The van der Waals surface area contributed by atoms with Crippen LogP contribution in [0, 0.1) is 35.0 Å². The number of allylic oxidation sites excluding steroid dienone is 4. The molecule has 0 bridgehead atoms. The summed E-state index contributed by atoms with van der Waals surface area (Å²) in [6.45, 7) is 6.38. The summed E-state index contributed by atoms with van der Waals surface area (Å²) in [4.78, 5) is 41.8. The van der Waals surface area contributed by atoms with Gasteiger partial charge in [-0.05, 0) is 38.3 Å². The first-order chi connectivity index (χ1) is 13.8. The van der Waals surface area contributed by atoms with Crippen molar-refractivity contribution in [3.63, 3.8) is 0 Å². The van der Waals surface area contributed by atoms with Crippen molar-refractivity contribution in [1.29, 1.82) is 5.26 Å². The van der Waals surface area contributed by atoms with Crippen molar-refractivity contribution in [3.8, 4) is 6.07 Å². The summed E-state index contributed by atoms with van der Waals surface area (Å²) in [6, 6.07) is 4.97. The molecule has 1 aromatic rings. The fraction of sp³-hybridized carbons (Fsp3) is 0.435. The summed E-state index contributed by atoms with van der Waals surface area (Å²) >= 11 is 0. The number of carbonyl (C=O) groups is 3. The van der Waals surface area contributed by atoms with E-state index in [9.17, 15) is 14.4 Å². The molecule has 4 atom stereocenters. The maximum Gasteiger partial charge on any atom is 0.269 e. The topological polar surface area (TPSA) is 99.9 Å². The molecule has 3 rings (SSSR count). The monoisotopic (exact) mass is 391 g/mol. The molecule has 6 nitrogen and oxygen atoms in total. The van der Waals surface area contributed by atoms with Crippen LogP contribution in [0.1, 0.15) is 49.7 Å². The first kappa shape index (κ1) is 20.7. The summed E-state index contributed by atoms with van der Waals surface area (Å²) in [5.41, 5.74) is 2.86. The molecule has 1 amide bonds. The number of Topliss-reactive ketones (excluding diaryl/α,β-unsaturated/α-hetero) is 2. The summed E-state index contributed by atoms with van der Waals surface area (Å²) < 4.78 is 0. The van der Waals surface area contributed by atoms with Gasteiger partial charge in [-0.25, -0.2) is 4.98 Å².